The molecule has 2 fully saturated rings. The van der Waals surface area contributed by atoms with Gasteiger partial charge in [0.15, 0.2) is 15.0 Å². The van der Waals surface area contributed by atoms with Crippen LogP contribution in [0.15, 0.2) is 29.6 Å². The molecule has 2 aliphatic heterocycles. The molecule has 126 valence electrons. The number of hydrogen-bond acceptors (Lipinski definition) is 5. The number of thiazole rings is 1. The van der Waals surface area contributed by atoms with Crippen molar-refractivity contribution in [2.45, 2.75) is 25.8 Å². The third kappa shape index (κ3) is 2.65. The number of rotatable bonds is 3. The van der Waals surface area contributed by atoms with Crippen LogP contribution in [-0.2, 0) is 21.1 Å². The van der Waals surface area contributed by atoms with Gasteiger partial charge in [-0.3, -0.25) is 9.69 Å². The molecule has 1 aromatic carbocycles. The Morgan fingerprint density at radius 3 is 2.71 bits per heavy atom. The Hall–Kier alpha value is -1.73. The fourth-order valence-corrected chi connectivity index (χ4v) is 6.53. The van der Waals surface area contributed by atoms with Crippen LogP contribution in [0.3, 0.4) is 0 Å². The molecule has 1 amide bonds. The van der Waals surface area contributed by atoms with Crippen molar-refractivity contribution in [3.8, 4) is 11.3 Å². The summed E-state index contributed by atoms with van der Waals surface area (Å²) in [5.74, 6) is 0.0842. The van der Waals surface area contributed by atoms with Gasteiger partial charge in [-0.1, -0.05) is 31.2 Å². The number of fused-ring (bicyclic) bond motifs is 1. The molecule has 3 heterocycles. The Bertz CT molecular complexity index is 887. The van der Waals surface area contributed by atoms with Gasteiger partial charge in [0.25, 0.3) is 0 Å². The minimum atomic E-state index is -3.04. The number of benzene rings is 1. The van der Waals surface area contributed by atoms with E-state index in [4.69, 9.17) is 0 Å². The van der Waals surface area contributed by atoms with E-state index in [9.17, 15) is 13.2 Å². The minimum absolute atomic E-state index is 0.0119. The summed E-state index contributed by atoms with van der Waals surface area (Å²) in [6.45, 7) is 2.11. The largest absolute Gasteiger partial charge is 0.284 e. The lowest BCUT2D eigenvalue weighted by atomic mass is 10.1. The zero-order valence-electron chi connectivity index (χ0n) is 13.3. The van der Waals surface area contributed by atoms with Crippen LogP contribution in [0.25, 0.3) is 11.3 Å². The third-order valence-electron chi connectivity index (χ3n) is 4.83. The molecule has 0 radical (unpaired) electrons. The number of hydrogen-bond donors (Lipinski definition) is 0. The van der Waals surface area contributed by atoms with Crippen molar-refractivity contribution < 1.29 is 13.2 Å². The van der Waals surface area contributed by atoms with Crippen LogP contribution in [0.4, 0.5) is 5.13 Å². The summed E-state index contributed by atoms with van der Waals surface area (Å²) in [6, 6.07) is 7.98. The van der Waals surface area contributed by atoms with E-state index in [0.29, 0.717) is 11.6 Å². The van der Waals surface area contributed by atoms with Crippen LogP contribution >= 0.6 is 11.3 Å². The molecule has 0 unspecified atom stereocenters. The van der Waals surface area contributed by atoms with Gasteiger partial charge in [-0.2, -0.15) is 0 Å². The highest BCUT2D eigenvalue weighted by Gasteiger charge is 2.50. The summed E-state index contributed by atoms with van der Waals surface area (Å²) in [5, 5.41) is 2.54. The topological polar surface area (TPSA) is 67.3 Å². The van der Waals surface area contributed by atoms with Crippen LogP contribution in [-0.4, -0.2) is 36.9 Å². The fourth-order valence-electron chi connectivity index (χ4n) is 3.56. The molecule has 0 saturated carbocycles. The smallest absolute Gasteiger partial charge is 0.229 e. The Morgan fingerprint density at radius 2 is 2.00 bits per heavy atom. The van der Waals surface area contributed by atoms with Crippen molar-refractivity contribution in [3.63, 3.8) is 0 Å². The molecule has 0 aliphatic carbocycles. The second-order valence-electron chi connectivity index (χ2n) is 6.44. The van der Waals surface area contributed by atoms with Gasteiger partial charge in [-0.25, -0.2) is 13.4 Å². The van der Waals surface area contributed by atoms with E-state index >= 15 is 0 Å². The number of aryl methyl sites for hydroxylation is 1. The first kappa shape index (κ1) is 15.8. The molecule has 2 saturated heterocycles. The van der Waals surface area contributed by atoms with Crippen LogP contribution in [0, 0.1) is 5.92 Å². The van der Waals surface area contributed by atoms with Crippen LogP contribution < -0.4 is 4.90 Å². The molecule has 0 bridgehead atoms. The summed E-state index contributed by atoms with van der Waals surface area (Å²) < 4.78 is 23.7. The van der Waals surface area contributed by atoms with E-state index in [-0.39, 0.29) is 29.4 Å². The average Bonchev–Trinajstić information content (AvgIpc) is 3.19. The molecule has 2 aliphatic rings. The molecule has 2 aromatic rings. The molecule has 1 aromatic heterocycles. The van der Waals surface area contributed by atoms with Crippen molar-refractivity contribution in [2.75, 3.05) is 16.4 Å². The summed E-state index contributed by atoms with van der Waals surface area (Å²) in [4.78, 5) is 18.5. The lowest BCUT2D eigenvalue weighted by Gasteiger charge is -2.19. The zero-order chi connectivity index (χ0) is 16.9. The van der Waals surface area contributed by atoms with Crippen molar-refractivity contribution in [3.05, 3.63) is 35.2 Å². The maximum Gasteiger partial charge on any atom is 0.229 e. The molecule has 2 atom stereocenters. The lowest BCUT2D eigenvalue weighted by molar-refractivity contribution is -0.117. The quantitative estimate of drug-likeness (QED) is 0.841. The monoisotopic (exact) mass is 362 g/mol. The van der Waals surface area contributed by atoms with Crippen molar-refractivity contribution in [1.29, 1.82) is 0 Å². The van der Waals surface area contributed by atoms with Crippen LogP contribution in [0.5, 0.6) is 0 Å². The minimum Gasteiger partial charge on any atom is -0.284 e. The van der Waals surface area contributed by atoms with Gasteiger partial charge in [-0.15, -0.1) is 11.3 Å². The summed E-state index contributed by atoms with van der Waals surface area (Å²) in [6.07, 6.45) is 1.30. The number of nitrogens with zero attached hydrogens (tertiary/aromatic N) is 2. The van der Waals surface area contributed by atoms with Gasteiger partial charge in [0.1, 0.15) is 0 Å². The van der Waals surface area contributed by atoms with Gasteiger partial charge < -0.3 is 0 Å². The Balaban J connectivity index is 1.63. The molecule has 7 heteroatoms. The molecular formula is C17H18N2O3S2. The molecule has 4 rings (SSSR count). The average molecular weight is 362 g/mol. The van der Waals surface area contributed by atoms with Crippen LogP contribution in [0.1, 0.15) is 18.9 Å². The Morgan fingerprint density at radius 1 is 1.25 bits per heavy atom. The van der Waals surface area contributed by atoms with Gasteiger partial charge in [0.2, 0.25) is 5.91 Å². The van der Waals surface area contributed by atoms with Gasteiger partial charge in [-0.05, 0) is 12.0 Å². The highest BCUT2D eigenvalue weighted by molar-refractivity contribution is 7.91. The van der Waals surface area contributed by atoms with E-state index in [1.54, 1.807) is 4.90 Å². The highest BCUT2D eigenvalue weighted by atomic mass is 32.2. The molecule has 0 spiro atoms. The number of aromatic nitrogens is 1. The second-order valence-corrected chi connectivity index (χ2v) is 9.43. The van der Waals surface area contributed by atoms with E-state index in [0.717, 1.165) is 17.7 Å². The molecule has 24 heavy (non-hydrogen) atoms. The van der Waals surface area contributed by atoms with E-state index < -0.39 is 9.84 Å². The second kappa shape index (κ2) is 5.67. The fraction of sp³-hybridized carbons (Fsp3) is 0.412. The molecule has 0 N–H and O–H groups in total. The maximum atomic E-state index is 12.3. The van der Waals surface area contributed by atoms with Crippen molar-refractivity contribution in [2.24, 2.45) is 5.92 Å². The zero-order valence-corrected chi connectivity index (χ0v) is 14.9. The molecule has 5 nitrogen and oxygen atoms in total. The van der Waals surface area contributed by atoms with Crippen molar-refractivity contribution in [1.82, 2.24) is 4.98 Å². The number of amides is 1. The summed E-state index contributed by atoms with van der Waals surface area (Å²) in [7, 11) is -3.04. The summed E-state index contributed by atoms with van der Waals surface area (Å²) in [5.41, 5.74) is 3.11. The van der Waals surface area contributed by atoms with Gasteiger partial charge in [0.05, 0.1) is 23.2 Å². The van der Waals surface area contributed by atoms with Crippen LogP contribution in [0.2, 0.25) is 0 Å². The summed E-state index contributed by atoms with van der Waals surface area (Å²) >= 11 is 1.40. The maximum absolute atomic E-state index is 12.3. The standard InChI is InChI=1S/C17H18N2O3S2/c1-2-11-3-5-12(6-4-11)14-8-23-17(18-14)19-15-10-24(21,22)9-13(15)7-16(19)20/h3-6,8,13,15H,2,7,9-10H2,1H3/t13-,15-/m1/s1. The molecular weight excluding hydrogens is 344 g/mol. The number of sulfone groups is 1. The normalized spacial score (nSPS) is 25.2. The predicted molar refractivity (Wildman–Crippen MR) is 95.0 cm³/mol. The Labute approximate surface area is 145 Å². The van der Waals surface area contributed by atoms with Crippen molar-refractivity contribution >= 4 is 32.2 Å². The number of carbonyl (C=O) groups excluding carboxylic acids is 1. The first-order valence-corrected chi connectivity index (χ1v) is 10.7. The Kier molecular flexibility index (Phi) is 3.73. The predicted octanol–water partition coefficient (Wildman–Crippen LogP) is 2.52. The van der Waals surface area contributed by atoms with Gasteiger partial charge in [0, 0.05) is 23.3 Å². The SMILES string of the molecule is CCc1ccc(-c2csc(N3C(=O)C[C@@H]4CS(=O)(=O)C[C@H]43)n2)cc1. The van der Waals surface area contributed by atoms with E-state index in [2.05, 4.69) is 24.0 Å². The lowest BCUT2D eigenvalue weighted by Crippen LogP contribution is -2.36. The first-order valence-electron chi connectivity index (χ1n) is 8.04. The highest BCUT2D eigenvalue weighted by Crippen LogP contribution is 2.39. The number of anilines is 1. The van der Waals surface area contributed by atoms with Gasteiger partial charge >= 0.3 is 0 Å². The van der Waals surface area contributed by atoms with E-state index in [1.165, 1.54) is 16.9 Å². The number of carbonyl (C=O) groups is 1. The first-order chi connectivity index (χ1) is 11.5. The third-order valence-corrected chi connectivity index (χ3v) is 7.46. The van der Waals surface area contributed by atoms with E-state index in [1.807, 2.05) is 17.5 Å².